The minimum Gasteiger partial charge on any atom is -0.305 e. The number of benzene rings is 16. The molecule has 0 saturated carbocycles. The SMILES string of the molecule is Cc1cc(-c2[c-]cccc2)ncc1-c1ccc2ccccc2c1.Cc1cc(-c2[c-]cccc2)ncc1-c1cccc2ccccc12.Cc1cc(-c2[c-]cccc2)ncc1-c1cccc2ccccc12.Cc1cc(-c2[c-]cccc2)ncc1-c1cccc2ccccc12.Cc1cccc(-c2[c-]cccc2)n1.[2H]C([2H])([2H])c1ccc(-c2[c-]cccc2)nc1.[2H]C([2H])([2H])c1ccnc(-c2[c-]cccc2)c1.[Ir].[Ir].[Ir].[Ir].[c-]1ccccc1-c1ccccn1. The van der Waals surface area contributed by atoms with Gasteiger partial charge in [-0.05, 0) is 211 Å². The van der Waals surface area contributed by atoms with Gasteiger partial charge in [0.15, 0.2) is 0 Å². The van der Waals surface area contributed by atoms with Crippen molar-refractivity contribution in [3.63, 3.8) is 0 Å². The molecular weight excluding hydrogens is 2500 g/mol. The number of fused-ring (bicyclic) bond motifs is 4. The molecule has 0 atom stereocenters. The van der Waals surface area contributed by atoms with Gasteiger partial charge in [-0.3, -0.25) is 0 Å². The van der Waals surface area contributed by atoms with Crippen LogP contribution in [0.15, 0.2) is 492 Å². The molecule has 0 aliphatic heterocycles. The van der Waals surface area contributed by atoms with Gasteiger partial charge in [0, 0.05) is 160 Å². The standard InChI is InChI=1S/4C22H16N.3C12H10N.C11H8N.4Ir/c3*1-16-14-22(18-9-3-2-4-10-18)23-15-21(16)20-13-7-11-17-8-5-6-12-19(17)20;1-16-13-22(18-8-3-2-4-9-18)23-15-21(16)20-12-11-17-7-5-6-10-19(17)14-20;1-10-6-5-9-12(13-10)11-7-3-2-4-8-11;1-10-7-8-13-12(9-10)11-5-3-2-4-6-11;1-10-7-8-12(13-9-10)11-5-3-2-4-6-11;1-2-6-10(7-3-1)11-8-4-5-9-12-11;;;;/h3*2-9,11-15H,1H3;2-8,10-15H,1H3;2-7,9H,1H3;2*2-5,7-9H,1H3;1-6,8-9H;;;;/q8*-1;;;;/i;;;;;2*1D3;;;;;. The molecule has 0 amide bonds. The summed E-state index contributed by atoms with van der Waals surface area (Å²) >= 11 is 0. The zero-order chi connectivity index (χ0) is 103. The van der Waals surface area contributed by atoms with Crippen LogP contribution in [0, 0.1) is 96.9 Å². The van der Waals surface area contributed by atoms with Crippen LogP contribution in [0.5, 0.6) is 0 Å². The van der Waals surface area contributed by atoms with Gasteiger partial charge in [0.2, 0.25) is 0 Å². The van der Waals surface area contributed by atoms with Crippen molar-refractivity contribution >= 4 is 43.1 Å². The van der Waals surface area contributed by atoms with Crippen LogP contribution in [0.3, 0.4) is 0 Å². The van der Waals surface area contributed by atoms with E-state index in [9.17, 15) is 0 Å². The van der Waals surface area contributed by atoms with E-state index in [1.807, 2.05) is 250 Å². The summed E-state index contributed by atoms with van der Waals surface area (Å²) in [6.07, 6.45) is 12.6. The molecule has 8 nitrogen and oxygen atoms in total. The predicted octanol–water partition coefficient (Wildman–Crippen LogP) is 33.8. The number of nitrogens with zero attached hydrogens (tertiary/aromatic N) is 8. The Morgan fingerprint density at radius 3 is 0.830 bits per heavy atom. The topological polar surface area (TPSA) is 103 Å². The molecule has 16 aromatic carbocycles. The third-order valence-electron chi connectivity index (χ3n) is 23.7. The Morgan fingerprint density at radius 2 is 0.490 bits per heavy atom. The van der Waals surface area contributed by atoms with E-state index < -0.39 is 13.7 Å². The molecule has 4 radical (unpaired) electrons. The zero-order valence-electron chi connectivity index (χ0n) is 87.2. The second-order valence-electron chi connectivity index (χ2n) is 33.6. The van der Waals surface area contributed by atoms with Crippen molar-refractivity contribution in [3.8, 4) is 135 Å². The van der Waals surface area contributed by atoms with E-state index in [1.165, 1.54) is 128 Å². The van der Waals surface area contributed by atoms with E-state index >= 15 is 0 Å². The molecule has 8 heterocycles. The van der Waals surface area contributed by atoms with Gasteiger partial charge in [0.05, 0.1) is 0 Å². The van der Waals surface area contributed by atoms with Gasteiger partial charge >= 0.3 is 0 Å². The van der Waals surface area contributed by atoms with Crippen LogP contribution in [0.25, 0.3) is 178 Å². The van der Waals surface area contributed by atoms with Gasteiger partial charge in [0.1, 0.15) is 0 Å². The molecule has 0 saturated heterocycles. The van der Waals surface area contributed by atoms with E-state index in [0.717, 1.165) is 90.1 Å². The maximum Gasteiger partial charge on any atom is 0.0280 e. The summed E-state index contributed by atoms with van der Waals surface area (Å²) in [7, 11) is 0. The average Bonchev–Trinajstić information content (AvgIpc) is 0.804. The molecule has 726 valence electrons. The fraction of sp³-hybridized carbons (Fsp3) is 0.0519. The second-order valence-corrected chi connectivity index (χ2v) is 33.6. The van der Waals surface area contributed by atoms with E-state index in [0.29, 0.717) is 11.3 Å². The molecule has 24 rings (SSSR count). The van der Waals surface area contributed by atoms with Gasteiger partial charge in [-0.25, -0.2) is 0 Å². The van der Waals surface area contributed by atoms with E-state index in [2.05, 4.69) is 310 Å². The molecule has 0 bridgehead atoms. The quantitative estimate of drug-likeness (QED) is 0.111. The number of hydrogen-bond acceptors (Lipinski definition) is 8. The van der Waals surface area contributed by atoms with E-state index in [1.54, 1.807) is 36.5 Å². The molecule has 0 spiro atoms. The van der Waals surface area contributed by atoms with Crippen LogP contribution < -0.4 is 0 Å². The monoisotopic (exact) mass is 2610 g/mol. The first-order chi connectivity index (χ1) is 72.8. The molecule has 147 heavy (non-hydrogen) atoms. The second kappa shape index (κ2) is 55.4. The molecule has 0 unspecified atom stereocenters. The van der Waals surface area contributed by atoms with Crippen LogP contribution in [0.1, 0.15) is 47.3 Å². The summed E-state index contributed by atoms with van der Waals surface area (Å²) in [5.41, 5.74) is 31.2. The molecule has 12 heteroatoms. The fourth-order valence-electron chi connectivity index (χ4n) is 16.5. The average molecular weight is 2610 g/mol. The van der Waals surface area contributed by atoms with Crippen molar-refractivity contribution in [1.82, 2.24) is 39.9 Å². The maximum atomic E-state index is 7.33. The van der Waals surface area contributed by atoms with Gasteiger partial charge in [-0.2, -0.15) is 0 Å². The maximum absolute atomic E-state index is 7.33. The third kappa shape index (κ3) is 29.6. The Kier molecular flexibility index (Phi) is 37.7. The first-order valence-electron chi connectivity index (χ1n) is 50.1. The van der Waals surface area contributed by atoms with Crippen LogP contribution in [0.2, 0.25) is 0 Å². The van der Waals surface area contributed by atoms with Crippen molar-refractivity contribution in [2.75, 3.05) is 0 Å². The van der Waals surface area contributed by atoms with Crippen molar-refractivity contribution < 1.29 is 88.6 Å². The van der Waals surface area contributed by atoms with Crippen molar-refractivity contribution in [3.05, 3.63) is 580 Å². The van der Waals surface area contributed by atoms with Gasteiger partial charge < -0.3 is 39.9 Å². The van der Waals surface area contributed by atoms with Gasteiger partial charge in [-0.1, -0.05) is 236 Å². The minimum absolute atomic E-state index is 0. The fourth-order valence-corrected chi connectivity index (χ4v) is 16.5. The Labute approximate surface area is 926 Å². The van der Waals surface area contributed by atoms with Crippen LogP contribution in [-0.2, 0) is 80.4 Å². The molecule has 8 aromatic heterocycles. The molecule has 0 fully saturated rings. The Bertz CT molecular complexity index is 8060. The zero-order valence-corrected chi connectivity index (χ0v) is 90.8. The van der Waals surface area contributed by atoms with Crippen molar-refractivity contribution in [1.29, 1.82) is 0 Å². The molecule has 0 aliphatic rings. The summed E-state index contributed by atoms with van der Waals surface area (Å²) in [5.74, 6) is 0. The first kappa shape index (κ1) is 100. The first-order valence-corrected chi connectivity index (χ1v) is 47.1. The number of hydrogen-bond donors (Lipinski definition) is 0. The summed E-state index contributed by atoms with van der Waals surface area (Å²) in [5, 5.41) is 10.1. The predicted molar refractivity (Wildman–Crippen MR) is 593 cm³/mol. The van der Waals surface area contributed by atoms with Gasteiger partial charge in [0.25, 0.3) is 0 Å². The number of rotatable bonds is 12. The number of aromatic nitrogens is 8. The van der Waals surface area contributed by atoms with Gasteiger partial charge in [-0.15, -0.1) is 287 Å². The molecular formula is C135H102Ir4N8-8. The normalized spacial score (nSPS) is 11.0. The van der Waals surface area contributed by atoms with E-state index in [4.69, 9.17) is 8.22 Å². The Hall–Kier alpha value is -15.6. The van der Waals surface area contributed by atoms with Crippen LogP contribution in [-0.4, -0.2) is 39.9 Å². The molecule has 24 aromatic rings. The summed E-state index contributed by atoms with van der Waals surface area (Å²) in [6.45, 7) is 6.38. The van der Waals surface area contributed by atoms with Crippen molar-refractivity contribution in [2.45, 2.75) is 48.3 Å². The summed E-state index contributed by atoms with van der Waals surface area (Å²) in [4.78, 5) is 35.5. The number of aryl methyl sites for hydroxylation is 7. The van der Waals surface area contributed by atoms with Crippen molar-refractivity contribution in [2.24, 2.45) is 0 Å². The Balaban J connectivity index is 0.000000146. The third-order valence-corrected chi connectivity index (χ3v) is 23.7. The largest absolute Gasteiger partial charge is 0.305 e. The van der Waals surface area contributed by atoms with Crippen LogP contribution in [0.4, 0.5) is 0 Å². The number of pyridine rings is 8. The van der Waals surface area contributed by atoms with Crippen LogP contribution >= 0.6 is 0 Å². The minimum atomic E-state index is -2.09. The molecule has 0 aliphatic carbocycles. The van der Waals surface area contributed by atoms with E-state index in [-0.39, 0.29) is 86.0 Å². The molecule has 0 N–H and O–H groups in total. The Morgan fingerprint density at radius 1 is 0.190 bits per heavy atom. The summed E-state index contributed by atoms with van der Waals surface area (Å²) < 4.78 is 43.7. The smallest absolute Gasteiger partial charge is 0.0280 e. The summed E-state index contributed by atoms with van der Waals surface area (Å²) in [6, 6.07) is 174.